The van der Waals surface area contributed by atoms with Gasteiger partial charge in [-0.1, -0.05) is 29.3 Å². The Morgan fingerprint density at radius 1 is 1.00 bits per heavy atom. The fourth-order valence-electron chi connectivity index (χ4n) is 1.69. The first-order valence-corrected chi connectivity index (χ1v) is 6.85. The molecule has 0 aliphatic carbocycles. The van der Waals surface area contributed by atoms with E-state index in [1.54, 1.807) is 6.07 Å². The Balaban J connectivity index is 1.96. The molecule has 0 heterocycles. The molecule has 0 spiro atoms. The second-order valence-corrected chi connectivity index (χ2v) is 4.87. The predicted octanol–water partition coefficient (Wildman–Crippen LogP) is 5.00. The van der Waals surface area contributed by atoms with Crippen molar-refractivity contribution < 1.29 is 4.74 Å². The van der Waals surface area contributed by atoms with Crippen LogP contribution in [-0.4, -0.2) is 6.61 Å². The number of hydrogen-bond acceptors (Lipinski definition) is 2. The highest BCUT2D eigenvalue weighted by Crippen LogP contribution is 2.23. The van der Waals surface area contributed by atoms with Crippen LogP contribution in [0.5, 0.6) is 5.75 Å². The molecule has 0 bridgehead atoms. The number of ether oxygens (including phenoxy) is 1. The first-order chi connectivity index (χ1) is 9.19. The number of hydrogen-bond donors (Lipinski definition) is 1. The molecule has 0 amide bonds. The van der Waals surface area contributed by atoms with Gasteiger partial charge in [-0.25, -0.2) is 0 Å². The molecule has 0 aliphatic rings. The van der Waals surface area contributed by atoms with Crippen molar-refractivity contribution in [2.75, 3.05) is 11.9 Å². The monoisotopic (exact) mass is 295 g/mol. The van der Waals surface area contributed by atoms with Crippen molar-refractivity contribution in [3.63, 3.8) is 0 Å². The lowest BCUT2D eigenvalue weighted by Gasteiger charge is -2.08. The summed E-state index contributed by atoms with van der Waals surface area (Å²) in [6, 6.07) is 13.5. The molecule has 0 fully saturated rings. The van der Waals surface area contributed by atoms with Crippen molar-refractivity contribution in [3.8, 4) is 5.75 Å². The van der Waals surface area contributed by atoms with E-state index in [0.717, 1.165) is 17.0 Å². The van der Waals surface area contributed by atoms with Crippen LogP contribution in [0.15, 0.2) is 42.5 Å². The molecule has 100 valence electrons. The Hall–Kier alpha value is -1.38. The maximum atomic E-state index is 5.97. The molecule has 0 aromatic heterocycles. The Labute approximate surface area is 123 Å². The van der Waals surface area contributed by atoms with Gasteiger partial charge < -0.3 is 10.1 Å². The highest BCUT2D eigenvalue weighted by Gasteiger charge is 2.00. The van der Waals surface area contributed by atoms with Crippen LogP contribution in [0, 0.1) is 0 Å². The van der Waals surface area contributed by atoms with Crippen molar-refractivity contribution in [1.82, 2.24) is 0 Å². The molecule has 2 nitrogen and oxygen atoms in total. The number of nitrogens with one attached hydrogen (secondary N) is 1. The van der Waals surface area contributed by atoms with Crippen molar-refractivity contribution in [1.29, 1.82) is 0 Å². The van der Waals surface area contributed by atoms with Gasteiger partial charge in [0.05, 0.1) is 16.7 Å². The summed E-state index contributed by atoms with van der Waals surface area (Å²) in [6.45, 7) is 3.34. The Bertz CT molecular complexity index is 540. The summed E-state index contributed by atoms with van der Waals surface area (Å²) in [7, 11) is 0. The fourth-order valence-corrected chi connectivity index (χ4v) is 2.01. The summed E-state index contributed by atoms with van der Waals surface area (Å²) in [5.74, 6) is 0.877. The van der Waals surface area contributed by atoms with Gasteiger partial charge in [-0.05, 0) is 48.9 Å². The second kappa shape index (κ2) is 6.69. The Kier molecular flexibility index (Phi) is 4.94. The minimum atomic E-state index is 0.575. The molecule has 2 aromatic rings. The maximum absolute atomic E-state index is 5.97. The first kappa shape index (κ1) is 14.0. The lowest BCUT2D eigenvalue weighted by molar-refractivity contribution is 0.340. The summed E-state index contributed by atoms with van der Waals surface area (Å²) >= 11 is 11.9. The van der Waals surface area contributed by atoms with Gasteiger partial charge in [-0.3, -0.25) is 0 Å². The third-order valence-electron chi connectivity index (χ3n) is 2.65. The van der Waals surface area contributed by atoms with Crippen LogP contribution in [0.3, 0.4) is 0 Å². The van der Waals surface area contributed by atoms with Gasteiger partial charge in [-0.2, -0.15) is 0 Å². The van der Waals surface area contributed by atoms with E-state index in [2.05, 4.69) is 5.32 Å². The number of halogens is 2. The molecule has 4 heteroatoms. The van der Waals surface area contributed by atoms with E-state index in [9.17, 15) is 0 Å². The van der Waals surface area contributed by atoms with Crippen LogP contribution >= 0.6 is 23.2 Å². The van der Waals surface area contributed by atoms with Gasteiger partial charge in [0.15, 0.2) is 0 Å². The third kappa shape index (κ3) is 4.05. The van der Waals surface area contributed by atoms with Crippen molar-refractivity contribution in [2.45, 2.75) is 13.5 Å². The van der Waals surface area contributed by atoms with Gasteiger partial charge in [-0.15, -0.1) is 0 Å². The topological polar surface area (TPSA) is 21.3 Å². The van der Waals surface area contributed by atoms with Crippen LogP contribution in [0.1, 0.15) is 12.5 Å². The molecule has 0 aliphatic heterocycles. The minimum absolute atomic E-state index is 0.575. The summed E-state index contributed by atoms with van der Waals surface area (Å²) in [5.41, 5.74) is 2.12. The summed E-state index contributed by atoms with van der Waals surface area (Å²) in [4.78, 5) is 0. The lowest BCUT2D eigenvalue weighted by atomic mass is 10.2. The highest BCUT2D eigenvalue weighted by molar-refractivity contribution is 6.42. The normalized spacial score (nSPS) is 10.3. The zero-order valence-corrected chi connectivity index (χ0v) is 12.1. The molecule has 0 atom stereocenters. The van der Waals surface area contributed by atoms with E-state index in [4.69, 9.17) is 27.9 Å². The summed E-state index contributed by atoms with van der Waals surface area (Å²) in [5, 5.41) is 4.47. The number of anilines is 1. The first-order valence-electron chi connectivity index (χ1n) is 6.09. The highest BCUT2D eigenvalue weighted by atomic mass is 35.5. The quantitative estimate of drug-likeness (QED) is 0.838. The zero-order valence-electron chi connectivity index (χ0n) is 10.6. The van der Waals surface area contributed by atoms with E-state index in [-0.39, 0.29) is 0 Å². The average molecular weight is 296 g/mol. The van der Waals surface area contributed by atoms with Gasteiger partial charge in [0, 0.05) is 12.2 Å². The van der Waals surface area contributed by atoms with Gasteiger partial charge in [0.1, 0.15) is 5.75 Å². The zero-order chi connectivity index (χ0) is 13.7. The maximum Gasteiger partial charge on any atom is 0.119 e. The van der Waals surface area contributed by atoms with Gasteiger partial charge in [0.2, 0.25) is 0 Å². The molecule has 0 saturated heterocycles. The Morgan fingerprint density at radius 3 is 2.37 bits per heavy atom. The molecule has 0 radical (unpaired) electrons. The second-order valence-electron chi connectivity index (χ2n) is 4.06. The van der Waals surface area contributed by atoms with Crippen LogP contribution < -0.4 is 10.1 Å². The largest absolute Gasteiger partial charge is 0.494 e. The van der Waals surface area contributed by atoms with E-state index in [1.807, 2.05) is 43.3 Å². The summed E-state index contributed by atoms with van der Waals surface area (Å²) in [6.07, 6.45) is 0. The standard InChI is InChI=1S/C15H15Cl2NO/c1-2-19-13-6-4-12(5-7-13)18-10-11-3-8-14(16)15(17)9-11/h3-9,18H,2,10H2,1H3. The molecule has 0 saturated carbocycles. The van der Waals surface area contributed by atoms with Gasteiger partial charge >= 0.3 is 0 Å². The molecule has 19 heavy (non-hydrogen) atoms. The van der Waals surface area contributed by atoms with Gasteiger partial charge in [0.25, 0.3) is 0 Å². The molecule has 0 unspecified atom stereocenters. The Morgan fingerprint density at radius 2 is 1.74 bits per heavy atom. The van der Waals surface area contributed by atoms with Crippen molar-refractivity contribution in [2.24, 2.45) is 0 Å². The average Bonchev–Trinajstić information content (AvgIpc) is 2.42. The van der Waals surface area contributed by atoms with E-state index in [1.165, 1.54) is 0 Å². The van der Waals surface area contributed by atoms with Crippen LogP contribution in [0.4, 0.5) is 5.69 Å². The summed E-state index contributed by atoms with van der Waals surface area (Å²) < 4.78 is 5.39. The van der Waals surface area contributed by atoms with Crippen molar-refractivity contribution in [3.05, 3.63) is 58.1 Å². The van der Waals surface area contributed by atoms with Crippen LogP contribution in [0.2, 0.25) is 10.0 Å². The SMILES string of the molecule is CCOc1ccc(NCc2ccc(Cl)c(Cl)c2)cc1. The molecule has 2 aromatic carbocycles. The van der Waals surface area contributed by atoms with E-state index < -0.39 is 0 Å². The molecular weight excluding hydrogens is 281 g/mol. The number of benzene rings is 2. The number of rotatable bonds is 5. The van der Waals surface area contributed by atoms with Crippen molar-refractivity contribution >= 4 is 28.9 Å². The lowest BCUT2D eigenvalue weighted by Crippen LogP contribution is -1.99. The van der Waals surface area contributed by atoms with Crippen LogP contribution in [-0.2, 0) is 6.54 Å². The minimum Gasteiger partial charge on any atom is -0.494 e. The predicted molar refractivity (Wildman–Crippen MR) is 81.4 cm³/mol. The fraction of sp³-hybridized carbons (Fsp3) is 0.200. The molecule has 1 N–H and O–H groups in total. The third-order valence-corrected chi connectivity index (χ3v) is 3.38. The van der Waals surface area contributed by atoms with E-state index >= 15 is 0 Å². The van der Waals surface area contributed by atoms with E-state index in [0.29, 0.717) is 23.2 Å². The van der Waals surface area contributed by atoms with Crippen LogP contribution in [0.25, 0.3) is 0 Å². The smallest absolute Gasteiger partial charge is 0.119 e. The molecule has 2 rings (SSSR count). The molecular formula is C15H15Cl2NO.